The van der Waals surface area contributed by atoms with E-state index in [4.69, 9.17) is 11.5 Å². The fourth-order valence-electron chi connectivity index (χ4n) is 0.997. The summed E-state index contributed by atoms with van der Waals surface area (Å²) in [6, 6.07) is 8.78. The summed E-state index contributed by atoms with van der Waals surface area (Å²) in [4.78, 5) is 9.35. The van der Waals surface area contributed by atoms with Crippen molar-refractivity contribution in [2.45, 2.75) is 5.78 Å². The summed E-state index contributed by atoms with van der Waals surface area (Å²) in [5.41, 5.74) is 11.4. The minimum atomic E-state index is -3.43. The summed E-state index contributed by atoms with van der Waals surface area (Å²) in [6.07, 6.45) is -0.289. The number of rotatable bonds is 3. The standard InChI is InChI=1S/C8H13N2O2P/c9-6-13(11,12)8(10)7-4-2-1-3-5-7/h1-5,8H,6,9-10H2,(H,11,12). The molecule has 0 spiro atoms. The van der Waals surface area contributed by atoms with Gasteiger partial charge in [0.05, 0.1) is 6.29 Å². The molecular formula is C8H13N2O2P. The molecule has 1 aromatic carbocycles. The van der Waals surface area contributed by atoms with Crippen LogP contribution in [0.2, 0.25) is 0 Å². The van der Waals surface area contributed by atoms with E-state index in [0.29, 0.717) is 5.56 Å². The van der Waals surface area contributed by atoms with Crippen LogP contribution in [0.3, 0.4) is 0 Å². The van der Waals surface area contributed by atoms with Gasteiger partial charge in [0.15, 0.2) is 0 Å². The third-order valence-corrected chi connectivity index (χ3v) is 3.53. The summed E-state index contributed by atoms with van der Waals surface area (Å²) in [5.74, 6) is -0.876. The molecule has 0 aliphatic carbocycles. The molecular weight excluding hydrogens is 187 g/mol. The molecule has 0 heterocycles. The topological polar surface area (TPSA) is 89.3 Å². The molecule has 0 bridgehead atoms. The van der Waals surface area contributed by atoms with Crippen molar-refractivity contribution in [2.24, 2.45) is 11.5 Å². The lowest BCUT2D eigenvalue weighted by molar-refractivity contribution is 0.465. The van der Waals surface area contributed by atoms with Crippen LogP contribution in [0.5, 0.6) is 0 Å². The molecule has 5 N–H and O–H groups in total. The molecule has 0 saturated carbocycles. The maximum absolute atomic E-state index is 11.4. The summed E-state index contributed by atoms with van der Waals surface area (Å²) < 4.78 is 11.4. The fraction of sp³-hybridized carbons (Fsp3) is 0.250. The summed E-state index contributed by atoms with van der Waals surface area (Å²) >= 11 is 0. The van der Waals surface area contributed by atoms with Crippen LogP contribution < -0.4 is 11.5 Å². The predicted octanol–water partition coefficient (Wildman–Crippen LogP) is 0.831. The molecule has 0 saturated heterocycles. The van der Waals surface area contributed by atoms with Crippen LogP contribution in [0.25, 0.3) is 0 Å². The molecule has 1 rings (SSSR count). The minimum Gasteiger partial charge on any atom is -0.342 e. The van der Waals surface area contributed by atoms with Crippen LogP contribution >= 0.6 is 7.37 Å². The first-order chi connectivity index (χ1) is 6.08. The van der Waals surface area contributed by atoms with Crippen molar-refractivity contribution in [3.05, 3.63) is 35.9 Å². The zero-order valence-electron chi connectivity index (χ0n) is 7.13. The molecule has 0 fully saturated rings. The first-order valence-corrected chi connectivity index (χ1v) is 5.81. The number of hydrogen-bond donors (Lipinski definition) is 3. The Morgan fingerprint density at radius 3 is 2.38 bits per heavy atom. The van der Waals surface area contributed by atoms with Crippen molar-refractivity contribution in [3.8, 4) is 0 Å². The van der Waals surface area contributed by atoms with E-state index in [2.05, 4.69) is 0 Å². The Hall–Kier alpha value is -0.670. The lowest BCUT2D eigenvalue weighted by Crippen LogP contribution is -2.15. The second kappa shape index (κ2) is 4.03. The second-order valence-corrected chi connectivity index (χ2v) is 5.23. The zero-order valence-corrected chi connectivity index (χ0v) is 8.02. The zero-order chi connectivity index (χ0) is 9.90. The van der Waals surface area contributed by atoms with Crippen LogP contribution in [-0.2, 0) is 4.57 Å². The predicted molar refractivity (Wildman–Crippen MR) is 52.3 cm³/mol. The van der Waals surface area contributed by atoms with Gasteiger partial charge < -0.3 is 16.4 Å². The molecule has 1 aromatic rings. The van der Waals surface area contributed by atoms with E-state index in [1.54, 1.807) is 24.3 Å². The van der Waals surface area contributed by atoms with Crippen molar-refractivity contribution in [2.75, 3.05) is 6.29 Å². The molecule has 0 radical (unpaired) electrons. The average Bonchev–Trinajstić information content (AvgIpc) is 2.18. The average molecular weight is 200 g/mol. The normalized spacial score (nSPS) is 17.8. The van der Waals surface area contributed by atoms with Gasteiger partial charge in [-0.1, -0.05) is 30.3 Å². The Bertz CT molecular complexity index is 315. The third-order valence-electron chi connectivity index (χ3n) is 1.84. The van der Waals surface area contributed by atoms with E-state index >= 15 is 0 Å². The molecule has 5 heteroatoms. The van der Waals surface area contributed by atoms with E-state index in [0.717, 1.165) is 0 Å². The van der Waals surface area contributed by atoms with Gasteiger partial charge in [-0.05, 0) is 5.56 Å². The first-order valence-electron chi connectivity index (χ1n) is 3.90. The van der Waals surface area contributed by atoms with Gasteiger partial charge in [0.2, 0.25) is 7.37 Å². The molecule has 0 aliphatic rings. The Kier molecular flexibility index (Phi) is 3.22. The van der Waals surface area contributed by atoms with Gasteiger partial charge >= 0.3 is 0 Å². The maximum Gasteiger partial charge on any atom is 0.234 e. The summed E-state index contributed by atoms with van der Waals surface area (Å²) in [5, 5.41) is 0. The number of nitrogens with two attached hydrogens (primary N) is 2. The van der Waals surface area contributed by atoms with Crippen LogP contribution in [0.1, 0.15) is 11.3 Å². The van der Waals surface area contributed by atoms with Crippen molar-refractivity contribution < 1.29 is 9.46 Å². The van der Waals surface area contributed by atoms with E-state index < -0.39 is 13.2 Å². The molecule has 13 heavy (non-hydrogen) atoms. The van der Waals surface area contributed by atoms with E-state index in [9.17, 15) is 9.46 Å². The van der Waals surface area contributed by atoms with Gasteiger partial charge in [-0.15, -0.1) is 0 Å². The quantitative estimate of drug-likeness (QED) is 0.630. The van der Waals surface area contributed by atoms with Gasteiger partial charge in [-0.3, -0.25) is 4.57 Å². The Morgan fingerprint density at radius 1 is 1.38 bits per heavy atom. The van der Waals surface area contributed by atoms with E-state index in [1.165, 1.54) is 0 Å². The van der Waals surface area contributed by atoms with E-state index in [1.807, 2.05) is 6.07 Å². The highest BCUT2D eigenvalue weighted by atomic mass is 31.2. The lowest BCUT2D eigenvalue weighted by atomic mass is 10.2. The van der Waals surface area contributed by atoms with Crippen LogP contribution in [0.4, 0.5) is 0 Å². The Labute approximate surface area is 77.0 Å². The Morgan fingerprint density at radius 2 is 1.92 bits per heavy atom. The number of benzene rings is 1. The van der Waals surface area contributed by atoms with Crippen molar-refractivity contribution in [1.82, 2.24) is 0 Å². The maximum atomic E-state index is 11.4. The van der Waals surface area contributed by atoms with Crippen LogP contribution in [-0.4, -0.2) is 11.2 Å². The van der Waals surface area contributed by atoms with Gasteiger partial charge in [-0.2, -0.15) is 0 Å². The number of hydrogen-bond acceptors (Lipinski definition) is 3. The van der Waals surface area contributed by atoms with Crippen LogP contribution in [0.15, 0.2) is 30.3 Å². The molecule has 4 nitrogen and oxygen atoms in total. The van der Waals surface area contributed by atoms with Gasteiger partial charge in [0.1, 0.15) is 5.78 Å². The van der Waals surface area contributed by atoms with Gasteiger partial charge in [0.25, 0.3) is 0 Å². The van der Waals surface area contributed by atoms with Gasteiger partial charge in [0, 0.05) is 0 Å². The fourth-order valence-corrected chi connectivity index (χ4v) is 1.86. The largest absolute Gasteiger partial charge is 0.342 e. The lowest BCUT2D eigenvalue weighted by Gasteiger charge is -2.17. The molecule has 2 unspecified atom stereocenters. The monoisotopic (exact) mass is 200 g/mol. The van der Waals surface area contributed by atoms with E-state index in [-0.39, 0.29) is 6.29 Å². The summed E-state index contributed by atoms with van der Waals surface area (Å²) in [6.45, 7) is 0. The van der Waals surface area contributed by atoms with Crippen molar-refractivity contribution in [3.63, 3.8) is 0 Å². The summed E-state index contributed by atoms with van der Waals surface area (Å²) in [7, 11) is -3.43. The second-order valence-electron chi connectivity index (χ2n) is 2.79. The van der Waals surface area contributed by atoms with Gasteiger partial charge in [-0.25, -0.2) is 0 Å². The minimum absolute atomic E-state index is 0.289. The molecule has 0 aliphatic heterocycles. The smallest absolute Gasteiger partial charge is 0.234 e. The molecule has 2 atom stereocenters. The SMILES string of the molecule is NCP(=O)(O)C(N)c1ccccc1. The van der Waals surface area contributed by atoms with Crippen molar-refractivity contribution >= 4 is 7.37 Å². The van der Waals surface area contributed by atoms with Crippen molar-refractivity contribution in [1.29, 1.82) is 0 Å². The Balaban J connectivity index is 2.92. The third kappa shape index (κ3) is 2.39. The highest BCUT2D eigenvalue weighted by Crippen LogP contribution is 2.50. The molecule has 0 amide bonds. The van der Waals surface area contributed by atoms with Crippen LogP contribution in [0, 0.1) is 0 Å². The first kappa shape index (κ1) is 10.4. The highest BCUT2D eigenvalue weighted by Gasteiger charge is 2.26. The molecule has 72 valence electrons. The molecule has 0 aromatic heterocycles. The highest BCUT2D eigenvalue weighted by molar-refractivity contribution is 7.58.